The van der Waals surface area contributed by atoms with Gasteiger partial charge in [-0.05, 0) is 49.9 Å². The highest BCUT2D eigenvalue weighted by atomic mass is 16.5. The number of hydrogen-bond acceptors (Lipinski definition) is 1. The molecule has 0 radical (unpaired) electrons. The van der Waals surface area contributed by atoms with Crippen molar-refractivity contribution in [1.29, 1.82) is 0 Å². The van der Waals surface area contributed by atoms with Crippen molar-refractivity contribution in [2.24, 2.45) is 23.2 Å². The molecule has 0 aromatic carbocycles. The SMILES string of the molecule is CCC1(CCC2CC3C=CC2C3)COC1. The summed E-state index contributed by atoms with van der Waals surface area (Å²) in [5.41, 5.74) is 0.575. The number of fused-ring (bicyclic) bond motifs is 2. The van der Waals surface area contributed by atoms with Gasteiger partial charge in [-0.3, -0.25) is 0 Å². The predicted molar refractivity (Wildman–Crippen MR) is 61.6 cm³/mol. The molecule has 0 spiro atoms. The largest absolute Gasteiger partial charge is 0.380 e. The van der Waals surface area contributed by atoms with E-state index >= 15 is 0 Å². The van der Waals surface area contributed by atoms with Gasteiger partial charge in [0.25, 0.3) is 0 Å². The average Bonchev–Trinajstić information content (AvgIpc) is 2.78. The standard InChI is InChI=1S/C14H22O/c1-2-14(9-15-10-14)6-5-13-8-11-3-4-12(13)7-11/h3-4,11-13H,2,5-10H2,1H3. The van der Waals surface area contributed by atoms with Gasteiger partial charge in [0, 0.05) is 5.41 Å². The van der Waals surface area contributed by atoms with E-state index in [4.69, 9.17) is 4.74 Å². The minimum absolute atomic E-state index is 0.575. The van der Waals surface area contributed by atoms with Gasteiger partial charge in [0.2, 0.25) is 0 Å². The van der Waals surface area contributed by atoms with E-state index in [0.29, 0.717) is 5.41 Å². The molecule has 1 saturated carbocycles. The van der Waals surface area contributed by atoms with E-state index in [9.17, 15) is 0 Å². The van der Waals surface area contributed by atoms with Crippen molar-refractivity contribution in [2.45, 2.75) is 39.0 Å². The van der Waals surface area contributed by atoms with Gasteiger partial charge in [0.1, 0.15) is 0 Å². The summed E-state index contributed by atoms with van der Waals surface area (Å²) in [6.07, 6.45) is 12.0. The molecule has 0 aromatic rings. The quantitative estimate of drug-likeness (QED) is 0.640. The fraction of sp³-hybridized carbons (Fsp3) is 0.857. The van der Waals surface area contributed by atoms with Crippen LogP contribution in [-0.4, -0.2) is 13.2 Å². The fourth-order valence-corrected chi connectivity index (χ4v) is 3.63. The zero-order valence-electron chi connectivity index (χ0n) is 9.74. The van der Waals surface area contributed by atoms with Gasteiger partial charge < -0.3 is 4.74 Å². The van der Waals surface area contributed by atoms with Crippen LogP contribution >= 0.6 is 0 Å². The summed E-state index contributed by atoms with van der Waals surface area (Å²) in [6.45, 7) is 4.38. The molecule has 1 aliphatic heterocycles. The predicted octanol–water partition coefficient (Wildman–Crippen LogP) is 3.41. The van der Waals surface area contributed by atoms with Crippen LogP contribution < -0.4 is 0 Å². The van der Waals surface area contributed by atoms with Gasteiger partial charge >= 0.3 is 0 Å². The Hall–Kier alpha value is -0.300. The summed E-state index contributed by atoms with van der Waals surface area (Å²) in [7, 11) is 0. The maximum atomic E-state index is 5.39. The molecule has 3 unspecified atom stereocenters. The highest BCUT2D eigenvalue weighted by Crippen LogP contribution is 2.47. The summed E-state index contributed by atoms with van der Waals surface area (Å²) in [4.78, 5) is 0. The monoisotopic (exact) mass is 206 g/mol. The molecule has 2 bridgehead atoms. The second kappa shape index (κ2) is 3.62. The van der Waals surface area contributed by atoms with Gasteiger partial charge in [0.05, 0.1) is 13.2 Å². The van der Waals surface area contributed by atoms with Crippen molar-refractivity contribution < 1.29 is 4.74 Å². The number of allylic oxidation sites excluding steroid dienone is 2. The molecule has 0 amide bonds. The first kappa shape index (κ1) is 9.89. The summed E-state index contributed by atoms with van der Waals surface area (Å²) >= 11 is 0. The molecule has 0 N–H and O–H groups in total. The molecule has 1 saturated heterocycles. The minimum Gasteiger partial charge on any atom is -0.380 e. The summed E-state index contributed by atoms with van der Waals surface area (Å²) in [5, 5.41) is 0. The second-order valence-electron chi connectivity index (χ2n) is 5.93. The maximum Gasteiger partial charge on any atom is 0.0544 e. The first-order chi connectivity index (χ1) is 7.31. The Balaban J connectivity index is 1.52. The lowest BCUT2D eigenvalue weighted by molar-refractivity contribution is -0.121. The topological polar surface area (TPSA) is 9.23 Å². The smallest absolute Gasteiger partial charge is 0.0544 e. The van der Waals surface area contributed by atoms with E-state index in [-0.39, 0.29) is 0 Å². The molecule has 3 aliphatic rings. The van der Waals surface area contributed by atoms with Crippen molar-refractivity contribution >= 4 is 0 Å². The van der Waals surface area contributed by atoms with Crippen LogP contribution in [0.3, 0.4) is 0 Å². The minimum atomic E-state index is 0.575. The van der Waals surface area contributed by atoms with Crippen molar-refractivity contribution in [2.75, 3.05) is 13.2 Å². The molecule has 2 fully saturated rings. The molecule has 2 aliphatic carbocycles. The van der Waals surface area contributed by atoms with Gasteiger partial charge in [-0.1, -0.05) is 19.1 Å². The van der Waals surface area contributed by atoms with Crippen molar-refractivity contribution in [3.8, 4) is 0 Å². The second-order valence-corrected chi connectivity index (χ2v) is 5.93. The van der Waals surface area contributed by atoms with Crippen LogP contribution in [0.15, 0.2) is 12.2 Å². The molecule has 3 atom stereocenters. The van der Waals surface area contributed by atoms with Crippen molar-refractivity contribution in [3.63, 3.8) is 0 Å². The van der Waals surface area contributed by atoms with Gasteiger partial charge in [-0.2, -0.15) is 0 Å². The first-order valence-electron chi connectivity index (χ1n) is 6.57. The zero-order chi connectivity index (χ0) is 10.3. The molecule has 1 nitrogen and oxygen atoms in total. The third-order valence-electron chi connectivity index (χ3n) is 5.03. The van der Waals surface area contributed by atoms with E-state index in [0.717, 1.165) is 31.0 Å². The highest BCUT2D eigenvalue weighted by Gasteiger charge is 2.40. The fourth-order valence-electron chi connectivity index (χ4n) is 3.63. The summed E-state index contributed by atoms with van der Waals surface area (Å²) < 4.78 is 5.39. The molecular weight excluding hydrogens is 184 g/mol. The third-order valence-corrected chi connectivity index (χ3v) is 5.03. The van der Waals surface area contributed by atoms with Crippen LogP contribution in [0.2, 0.25) is 0 Å². The lowest BCUT2D eigenvalue weighted by Crippen LogP contribution is -2.42. The molecule has 1 heterocycles. The Morgan fingerprint density at radius 3 is 2.60 bits per heavy atom. The van der Waals surface area contributed by atoms with Crippen LogP contribution in [0.5, 0.6) is 0 Å². The van der Waals surface area contributed by atoms with Crippen LogP contribution in [0.1, 0.15) is 39.0 Å². The Morgan fingerprint density at radius 2 is 2.13 bits per heavy atom. The molecule has 3 rings (SSSR count). The number of ether oxygens (including phenoxy) is 1. The molecule has 0 aromatic heterocycles. The Morgan fingerprint density at radius 1 is 1.27 bits per heavy atom. The number of hydrogen-bond donors (Lipinski definition) is 0. The van der Waals surface area contributed by atoms with Gasteiger partial charge in [-0.25, -0.2) is 0 Å². The highest BCUT2D eigenvalue weighted by molar-refractivity contribution is 5.10. The third kappa shape index (κ3) is 1.65. The number of rotatable bonds is 4. The van der Waals surface area contributed by atoms with Crippen LogP contribution in [-0.2, 0) is 4.74 Å². The first-order valence-corrected chi connectivity index (χ1v) is 6.57. The molecule has 84 valence electrons. The van der Waals surface area contributed by atoms with E-state index in [1.54, 1.807) is 0 Å². The van der Waals surface area contributed by atoms with E-state index in [2.05, 4.69) is 19.1 Å². The van der Waals surface area contributed by atoms with Gasteiger partial charge in [-0.15, -0.1) is 0 Å². The lowest BCUT2D eigenvalue weighted by atomic mass is 9.75. The van der Waals surface area contributed by atoms with Crippen LogP contribution in [0.4, 0.5) is 0 Å². The van der Waals surface area contributed by atoms with Crippen molar-refractivity contribution in [3.05, 3.63) is 12.2 Å². The summed E-state index contributed by atoms with van der Waals surface area (Å²) in [6, 6.07) is 0. The normalized spacial score (nSPS) is 40.7. The van der Waals surface area contributed by atoms with Crippen molar-refractivity contribution in [1.82, 2.24) is 0 Å². The van der Waals surface area contributed by atoms with Crippen LogP contribution in [0, 0.1) is 23.2 Å². The van der Waals surface area contributed by atoms with Gasteiger partial charge in [0.15, 0.2) is 0 Å². The van der Waals surface area contributed by atoms with E-state index in [1.807, 2.05) is 0 Å². The molecular formula is C14H22O. The van der Waals surface area contributed by atoms with E-state index in [1.165, 1.54) is 32.1 Å². The Labute approximate surface area is 92.9 Å². The summed E-state index contributed by atoms with van der Waals surface area (Å²) in [5.74, 6) is 2.88. The molecule has 15 heavy (non-hydrogen) atoms. The average molecular weight is 206 g/mol. The van der Waals surface area contributed by atoms with Crippen LogP contribution in [0.25, 0.3) is 0 Å². The Bertz CT molecular complexity index is 259. The van der Waals surface area contributed by atoms with E-state index < -0.39 is 0 Å². The lowest BCUT2D eigenvalue weighted by Gasteiger charge is -2.42. The maximum absolute atomic E-state index is 5.39. The molecule has 1 heteroatoms. The zero-order valence-corrected chi connectivity index (χ0v) is 9.74. The Kier molecular flexibility index (Phi) is 2.39.